The number of piperazine rings is 1. The van der Waals surface area contributed by atoms with Crippen LogP contribution in [0.5, 0.6) is 5.75 Å². The average Bonchev–Trinajstić information content (AvgIpc) is 3.11. The summed E-state index contributed by atoms with van der Waals surface area (Å²) in [6.07, 6.45) is 0. The first kappa shape index (κ1) is 21.1. The molecule has 2 aliphatic heterocycles. The third-order valence-electron chi connectivity index (χ3n) is 5.96. The van der Waals surface area contributed by atoms with Gasteiger partial charge in [-0.3, -0.25) is 4.90 Å². The number of hydrogen-bond acceptors (Lipinski definition) is 7. The van der Waals surface area contributed by atoms with Gasteiger partial charge in [-0.1, -0.05) is 18.2 Å². The summed E-state index contributed by atoms with van der Waals surface area (Å²) in [5.74, 6) is 0.377. The van der Waals surface area contributed by atoms with Crippen LogP contribution in [-0.2, 0) is 19.7 Å². The van der Waals surface area contributed by atoms with Crippen molar-refractivity contribution in [2.75, 3.05) is 49.7 Å². The molecular weight excluding hydrogens is 424 g/mol. The van der Waals surface area contributed by atoms with Gasteiger partial charge in [0.05, 0.1) is 28.8 Å². The van der Waals surface area contributed by atoms with E-state index in [4.69, 9.17) is 4.74 Å². The summed E-state index contributed by atoms with van der Waals surface area (Å²) in [6.45, 7) is 2.65. The number of benzene rings is 2. The fourth-order valence-corrected chi connectivity index (χ4v) is 9.17. The van der Waals surface area contributed by atoms with Crippen LogP contribution in [0, 0.1) is 0 Å². The first-order chi connectivity index (χ1) is 14.3. The maximum Gasteiger partial charge on any atom is 0.183 e. The van der Waals surface area contributed by atoms with Crippen LogP contribution in [0.3, 0.4) is 0 Å². The summed E-state index contributed by atoms with van der Waals surface area (Å²) in [6, 6.07) is 15.5. The second-order valence-corrected chi connectivity index (χ2v) is 12.1. The van der Waals surface area contributed by atoms with Crippen LogP contribution in [0.4, 0.5) is 5.69 Å². The van der Waals surface area contributed by atoms with E-state index in [-0.39, 0.29) is 16.4 Å². The molecule has 162 valence electrons. The van der Waals surface area contributed by atoms with Gasteiger partial charge in [0.1, 0.15) is 5.75 Å². The highest BCUT2D eigenvalue weighted by Gasteiger charge is 2.48. The van der Waals surface area contributed by atoms with Gasteiger partial charge in [-0.25, -0.2) is 16.8 Å². The highest BCUT2D eigenvalue weighted by Crippen LogP contribution is 2.30. The van der Waals surface area contributed by atoms with Crippen molar-refractivity contribution in [3.8, 4) is 5.75 Å². The lowest BCUT2D eigenvalue weighted by Gasteiger charge is -2.40. The van der Waals surface area contributed by atoms with Crippen LogP contribution in [0.1, 0.15) is 0 Å². The standard InChI is InChI=1S/C21H26N2O5S2/c1-28-18-9-7-17(8-10-18)22-11-13-23(14-12-22)20-15-29(24,25)16-21(20)30(26,27)19-5-3-2-4-6-19/h2-10,20-21H,11-16H2,1H3/t20-,21-/m0/s1. The lowest BCUT2D eigenvalue weighted by Crippen LogP contribution is -2.55. The van der Waals surface area contributed by atoms with Gasteiger partial charge in [-0.15, -0.1) is 0 Å². The largest absolute Gasteiger partial charge is 0.497 e. The molecule has 0 N–H and O–H groups in total. The van der Waals surface area contributed by atoms with Crippen molar-refractivity contribution in [1.82, 2.24) is 4.90 Å². The van der Waals surface area contributed by atoms with Crippen LogP contribution in [-0.4, -0.2) is 77.8 Å². The second kappa shape index (κ2) is 8.20. The lowest BCUT2D eigenvalue weighted by atomic mass is 10.1. The summed E-state index contributed by atoms with van der Waals surface area (Å²) in [7, 11) is -5.51. The zero-order valence-electron chi connectivity index (χ0n) is 16.8. The maximum atomic E-state index is 13.2. The van der Waals surface area contributed by atoms with Gasteiger partial charge in [0, 0.05) is 37.9 Å². The van der Waals surface area contributed by atoms with E-state index in [0.29, 0.717) is 26.2 Å². The molecule has 0 saturated carbocycles. The molecule has 0 amide bonds. The molecule has 4 rings (SSSR count). The smallest absolute Gasteiger partial charge is 0.183 e. The molecule has 9 heteroatoms. The molecule has 2 atom stereocenters. The van der Waals surface area contributed by atoms with Crippen LogP contribution >= 0.6 is 0 Å². The minimum Gasteiger partial charge on any atom is -0.497 e. The first-order valence-electron chi connectivity index (χ1n) is 9.92. The molecule has 2 aromatic rings. The van der Waals surface area contributed by atoms with E-state index in [1.165, 1.54) is 0 Å². The van der Waals surface area contributed by atoms with Crippen LogP contribution in [0.25, 0.3) is 0 Å². The number of nitrogens with zero attached hydrogens (tertiary/aromatic N) is 2. The Bertz CT molecular complexity index is 1080. The summed E-state index contributed by atoms with van der Waals surface area (Å²) < 4.78 is 56.4. The van der Waals surface area contributed by atoms with E-state index in [9.17, 15) is 16.8 Å². The van der Waals surface area contributed by atoms with Gasteiger partial charge in [-0.2, -0.15) is 0 Å². The Hall–Kier alpha value is -2.10. The van der Waals surface area contributed by atoms with Crippen LogP contribution in [0.2, 0.25) is 0 Å². The Morgan fingerprint density at radius 3 is 2.13 bits per heavy atom. The van der Waals surface area contributed by atoms with E-state index in [2.05, 4.69) is 4.90 Å². The van der Waals surface area contributed by atoms with Crippen molar-refractivity contribution in [2.24, 2.45) is 0 Å². The molecule has 0 spiro atoms. The molecule has 2 aromatic carbocycles. The Morgan fingerprint density at radius 2 is 1.53 bits per heavy atom. The maximum absolute atomic E-state index is 13.2. The van der Waals surface area contributed by atoms with Crippen molar-refractivity contribution >= 4 is 25.4 Å². The Labute approximate surface area is 178 Å². The molecule has 0 radical (unpaired) electrons. The number of hydrogen-bond donors (Lipinski definition) is 0. The first-order valence-corrected chi connectivity index (χ1v) is 13.3. The monoisotopic (exact) mass is 450 g/mol. The summed E-state index contributed by atoms with van der Waals surface area (Å²) in [4.78, 5) is 4.45. The van der Waals surface area contributed by atoms with Crippen LogP contribution in [0.15, 0.2) is 59.5 Å². The molecule has 2 heterocycles. The van der Waals surface area contributed by atoms with Gasteiger partial charge >= 0.3 is 0 Å². The third-order valence-corrected chi connectivity index (χ3v) is 10.1. The Balaban J connectivity index is 1.51. The SMILES string of the molecule is COc1ccc(N2CCN([C@H]3CS(=O)(=O)C[C@@H]3S(=O)(=O)c3ccccc3)CC2)cc1. The van der Waals surface area contributed by atoms with Crippen molar-refractivity contribution in [3.05, 3.63) is 54.6 Å². The minimum atomic E-state index is -3.73. The predicted molar refractivity (Wildman–Crippen MR) is 117 cm³/mol. The van der Waals surface area contributed by atoms with Gasteiger partial charge in [-0.05, 0) is 36.4 Å². The van der Waals surface area contributed by atoms with E-state index in [0.717, 1.165) is 11.4 Å². The Morgan fingerprint density at radius 1 is 0.900 bits per heavy atom. The molecule has 2 aliphatic rings. The van der Waals surface area contributed by atoms with Crippen molar-refractivity contribution < 1.29 is 21.6 Å². The van der Waals surface area contributed by atoms with E-state index < -0.39 is 31.0 Å². The molecular formula is C21H26N2O5S2. The summed E-state index contributed by atoms with van der Waals surface area (Å²) in [5.41, 5.74) is 1.07. The molecule has 0 aliphatic carbocycles. The Kier molecular flexibility index (Phi) is 5.78. The zero-order valence-corrected chi connectivity index (χ0v) is 18.5. The fraction of sp³-hybridized carbons (Fsp3) is 0.429. The molecule has 0 unspecified atom stereocenters. The second-order valence-electron chi connectivity index (χ2n) is 7.76. The van der Waals surface area contributed by atoms with E-state index in [1.54, 1.807) is 37.4 Å². The summed E-state index contributed by atoms with van der Waals surface area (Å²) in [5, 5.41) is -0.933. The number of anilines is 1. The molecule has 0 bridgehead atoms. The van der Waals surface area contributed by atoms with Crippen LogP contribution < -0.4 is 9.64 Å². The number of methoxy groups -OCH3 is 1. The van der Waals surface area contributed by atoms with Gasteiger partial charge in [0.2, 0.25) is 0 Å². The highest BCUT2D eigenvalue weighted by molar-refractivity contribution is 7.96. The van der Waals surface area contributed by atoms with Crippen molar-refractivity contribution in [2.45, 2.75) is 16.2 Å². The predicted octanol–water partition coefficient (Wildman–Crippen LogP) is 1.46. The van der Waals surface area contributed by atoms with E-state index >= 15 is 0 Å². The average molecular weight is 451 g/mol. The highest BCUT2D eigenvalue weighted by atomic mass is 32.2. The van der Waals surface area contributed by atoms with Crippen molar-refractivity contribution in [1.29, 1.82) is 0 Å². The number of ether oxygens (including phenoxy) is 1. The minimum absolute atomic E-state index is 0.105. The molecule has 0 aromatic heterocycles. The fourth-order valence-electron chi connectivity index (χ4n) is 4.32. The lowest BCUT2D eigenvalue weighted by molar-refractivity contribution is 0.201. The number of sulfone groups is 2. The van der Waals surface area contributed by atoms with E-state index in [1.807, 2.05) is 29.2 Å². The third kappa shape index (κ3) is 4.19. The normalized spacial score (nSPS) is 24.6. The molecule has 30 heavy (non-hydrogen) atoms. The number of rotatable bonds is 5. The van der Waals surface area contributed by atoms with Gasteiger partial charge in [0.15, 0.2) is 19.7 Å². The quantitative estimate of drug-likeness (QED) is 0.682. The molecule has 7 nitrogen and oxygen atoms in total. The molecule has 2 saturated heterocycles. The molecule has 2 fully saturated rings. The zero-order chi connectivity index (χ0) is 21.4. The van der Waals surface area contributed by atoms with Crippen molar-refractivity contribution in [3.63, 3.8) is 0 Å². The topological polar surface area (TPSA) is 84.0 Å². The van der Waals surface area contributed by atoms with Gasteiger partial charge < -0.3 is 9.64 Å². The van der Waals surface area contributed by atoms with Gasteiger partial charge in [0.25, 0.3) is 0 Å². The summed E-state index contributed by atoms with van der Waals surface area (Å²) >= 11 is 0.